The molecule has 0 atom stereocenters. The van der Waals surface area contributed by atoms with Crippen LogP contribution in [0.3, 0.4) is 0 Å². The van der Waals surface area contributed by atoms with E-state index >= 15 is 0 Å². The van der Waals surface area contributed by atoms with Crippen LogP contribution in [0.2, 0.25) is 0 Å². The summed E-state index contributed by atoms with van der Waals surface area (Å²) in [4.78, 5) is 26.8. The molecule has 2 rings (SSSR count). The molecule has 0 bridgehead atoms. The van der Waals surface area contributed by atoms with E-state index in [9.17, 15) is 14.9 Å². The van der Waals surface area contributed by atoms with Crippen molar-refractivity contribution < 1.29 is 9.72 Å². The topological polar surface area (TPSA) is 66.7 Å². The van der Waals surface area contributed by atoms with Crippen molar-refractivity contribution in [3.8, 4) is 0 Å². The van der Waals surface area contributed by atoms with Crippen LogP contribution in [-0.4, -0.2) is 54.4 Å². The molecular weight excluding hydrogens is 290 g/mol. The molecule has 0 aromatic heterocycles. The van der Waals surface area contributed by atoms with Gasteiger partial charge in [-0.3, -0.25) is 14.9 Å². The Labute approximate surface area is 128 Å². The Morgan fingerprint density at radius 1 is 1.33 bits per heavy atom. The highest BCUT2D eigenvalue weighted by Crippen LogP contribution is 2.26. The molecule has 1 aromatic rings. The van der Waals surface area contributed by atoms with Gasteiger partial charge in [-0.05, 0) is 18.2 Å². The van der Waals surface area contributed by atoms with Crippen LogP contribution in [0.5, 0.6) is 0 Å². The van der Waals surface area contributed by atoms with Crippen molar-refractivity contribution in [3.63, 3.8) is 0 Å². The van der Waals surface area contributed by atoms with Crippen LogP contribution in [0.25, 0.3) is 0 Å². The van der Waals surface area contributed by atoms with E-state index < -0.39 is 4.92 Å². The maximum Gasteiger partial charge on any atom is 0.270 e. The molecular formula is C14H19N3O3S. The van der Waals surface area contributed by atoms with E-state index in [1.54, 1.807) is 11.0 Å². The van der Waals surface area contributed by atoms with Crippen molar-refractivity contribution in [2.75, 3.05) is 43.6 Å². The average molecular weight is 309 g/mol. The van der Waals surface area contributed by atoms with Gasteiger partial charge in [0.25, 0.3) is 11.6 Å². The minimum absolute atomic E-state index is 0.0480. The molecule has 1 fully saturated rings. The van der Waals surface area contributed by atoms with Crippen molar-refractivity contribution in [1.82, 2.24) is 4.90 Å². The van der Waals surface area contributed by atoms with E-state index in [2.05, 4.69) is 0 Å². The van der Waals surface area contributed by atoms with E-state index in [0.717, 1.165) is 17.9 Å². The minimum atomic E-state index is -0.464. The number of nitro groups is 1. The highest BCUT2D eigenvalue weighted by molar-refractivity contribution is 7.99. The maximum atomic E-state index is 12.7. The molecule has 1 aliphatic heterocycles. The molecule has 0 radical (unpaired) electrons. The Morgan fingerprint density at radius 2 is 2.10 bits per heavy atom. The molecule has 1 saturated heterocycles. The van der Waals surface area contributed by atoms with Gasteiger partial charge in [-0.1, -0.05) is 0 Å². The van der Waals surface area contributed by atoms with Crippen LogP contribution in [-0.2, 0) is 0 Å². The lowest BCUT2D eigenvalue weighted by atomic mass is 10.1. The Morgan fingerprint density at radius 3 is 2.76 bits per heavy atom. The van der Waals surface area contributed by atoms with Crippen LogP contribution < -0.4 is 4.90 Å². The summed E-state index contributed by atoms with van der Waals surface area (Å²) in [6.07, 6.45) is 0.961. The number of nitrogens with zero attached hydrogens (tertiary/aromatic N) is 3. The molecule has 0 aliphatic carbocycles. The van der Waals surface area contributed by atoms with Crippen molar-refractivity contribution in [3.05, 3.63) is 33.9 Å². The zero-order valence-corrected chi connectivity index (χ0v) is 13.1. The molecule has 0 N–H and O–H groups in total. The number of hydrogen-bond acceptors (Lipinski definition) is 5. The molecule has 21 heavy (non-hydrogen) atoms. The summed E-state index contributed by atoms with van der Waals surface area (Å²) in [7, 11) is 3.66. The number of nitro benzene ring substituents is 1. The number of rotatable bonds is 3. The normalized spacial score (nSPS) is 15.4. The van der Waals surface area contributed by atoms with Gasteiger partial charge in [0.2, 0.25) is 0 Å². The van der Waals surface area contributed by atoms with Gasteiger partial charge >= 0.3 is 0 Å². The summed E-state index contributed by atoms with van der Waals surface area (Å²) < 4.78 is 0. The lowest BCUT2D eigenvalue weighted by Gasteiger charge is -2.23. The Bertz CT molecular complexity index is 540. The zero-order chi connectivity index (χ0) is 15.4. The third kappa shape index (κ3) is 3.66. The van der Waals surface area contributed by atoms with Crippen LogP contribution in [0.1, 0.15) is 16.8 Å². The Balaban J connectivity index is 2.36. The quantitative estimate of drug-likeness (QED) is 0.633. The van der Waals surface area contributed by atoms with E-state index in [-0.39, 0.29) is 11.6 Å². The first kappa shape index (κ1) is 15.6. The third-order valence-electron chi connectivity index (χ3n) is 3.41. The van der Waals surface area contributed by atoms with Gasteiger partial charge in [0.1, 0.15) is 0 Å². The van der Waals surface area contributed by atoms with Gasteiger partial charge in [0.15, 0.2) is 0 Å². The third-order valence-corrected chi connectivity index (χ3v) is 4.46. The SMILES string of the molecule is CN(C)c1ccc([N+](=O)[O-])cc1C(=O)N1CCCSCC1. The first-order chi connectivity index (χ1) is 10.0. The van der Waals surface area contributed by atoms with Gasteiger partial charge in [-0.15, -0.1) is 0 Å². The van der Waals surface area contributed by atoms with Gasteiger partial charge in [-0.2, -0.15) is 11.8 Å². The van der Waals surface area contributed by atoms with Crippen LogP contribution in [0, 0.1) is 10.1 Å². The van der Waals surface area contributed by atoms with E-state index in [1.165, 1.54) is 12.1 Å². The number of non-ortho nitro benzene ring substituents is 1. The number of thioether (sulfide) groups is 1. The predicted molar refractivity (Wildman–Crippen MR) is 85.3 cm³/mol. The molecule has 1 aromatic carbocycles. The average Bonchev–Trinajstić information content (AvgIpc) is 2.74. The van der Waals surface area contributed by atoms with Gasteiger partial charge < -0.3 is 9.80 Å². The second-order valence-electron chi connectivity index (χ2n) is 5.11. The fourth-order valence-corrected chi connectivity index (χ4v) is 3.21. The summed E-state index contributed by atoms with van der Waals surface area (Å²) in [5, 5.41) is 11.0. The second-order valence-corrected chi connectivity index (χ2v) is 6.34. The van der Waals surface area contributed by atoms with Crippen LogP contribution >= 0.6 is 11.8 Å². The molecule has 0 saturated carbocycles. The Hall–Kier alpha value is -1.76. The molecule has 114 valence electrons. The molecule has 0 unspecified atom stereocenters. The smallest absolute Gasteiger partial charge is 0.270 e. The van der Waals surface area contributed by atoms with Crippen LogP contribution in [0.15, 0.2) is 18.2 Å². The van der Waals surface area contributed by atoms with Gasteiger partial charge in [0, 0.05) is 50.8 Å². The molecule has 1 amide bonds. The van der Waals surface area contributed by atoms with Crippen molar-refractivity contribution in [2.45, 2.75) is 6.42 Å². The number of benzene rings is 1. The lowest BCUT2D eigenvalue weighted by Crippen LogP contribution is -2.34. The summed E-state index contributed by atoms with van der Waals surface area (Å²) in [6.45, 7) is 1.40. The summed E-state index contributed by atoms with van der Waals surface area (Å²) >= 11 is 1.84. The second kappa shape index (κ2) is 6.80. The number of hydrogen-bond donors (Lipinski definition) is 0. The van der Waals surface area contributed by atoms with Gasteiger partial charge in [0.05, 0.1) is 10.5 Å². The number of amides is 1. The summed E-state index contributed by atoms with van der Waals surface area (Å²) in [6, 6.07) is 4.46. The number of carbonyl (C=O) groups is 1. The standard InChI is InChI=1S/C14H19N3O3S/c1-15(2)13-5-4-11(17(19)20)10-12(13)14(18)16-6-3-8-21-9-7-16/h4-5,10H,3,6-9H2,1-2H3. The number of carbonyl (C=O) groups excluding carboxylic acids is 1. The molecule has 1 aliphatic rings. The Kier molecular flexibility index (Phi) is 5.06. The zero-order valence-electron chi connectivity index (χ0n) is 12.2. The fourth-order valence-electron chi connectivity index (χ4n) is 2.32. The van der Waals surface area contributed by atoms with Crippen molar-refractivity contribution in [2.24, 2.45) is 0 Å². The van der Waals surface area contributed by atoms with E-state index in [4.69, 9.17) is 0 Å². The monoisotopic (exact) mass is 309 g/mol. The highest BCUT2D eigenvalue weighted by atomic mass is 32.2. The highest BCUT2D eigenvalue weighted by Gasteiger charge is 2.23. The maximum absolute atomic E-state index is 12.7. The van der Waals surface area contributed by atoms with E-state index in [1.807, 2.05) is 30.8 Å². The molecule has 6 nitrogen and oxygen atoms in total. The van der Waals surface area contributed by atoms with Crippen molar-refractivity contribution >= 4 is 29.0 Å². The molecule has 0 spiro atoms. The summed E-state index contributed by atoms with van der Waals surface area (Å²) in [5.41, 5.74) is 1.07. The first-order valence-corrected chi connectivity index (χ1v) is 7.99. The minimum Gasteiger partial charge on any atom is -0.377 e. The van der Waals surface area contributed by atoms with Gasteiger partial charge in [-0.25, -0.2) is 0 Å². The fraction of sp³-hybridized carbons (Fsp3) is 0.500. The predicted octanol–water partition coefficient (Wildman–Crippen LogP) is 2.24. The van der Waals surface area contributed by atoms with Crippen molar-refractivity contribution in [1.29, 1.82) is 0 Å². The molecule has 1 heterocycles. The van der Waals surface area contributed by atoms with E-state index in [0.29, 0.717) is 24.3 Å². The number of anilines is 1. The molecule has 7 heteroatoms. The van der Waals surface area contributed by atoms with Crippen LogP contribution in [0.4, 0.5) is 11.4 Å². The first-order valence-electron chi connectivity index (χ1n) is 6.83. The lowest BCUT2D eigenvalue weighted by molar-refractivity contribution is -0.384. The largest absolute Gasteiger partial charge is 0.377 e. The summed E-state index contributed by atoms with van der Waals surface area (Å²) in [5.74, 6) is 1.85.